The van der Waals surface area contributed by atoms with Gasteiger partial charge in [-0.2, -0.15) is 0 Å². The Bertz CT molecular complexity index is 511. The van der Waals surface area contributed by atoms with Gasteiger partial charge >= 0.3 is 5.97 Å². The molecule has 1 aromatic carbocycles. The Balaban J connectivity index is 2.73. The number of likely N-dealkylation sites (N-methyl/N-ethyl adjacent to an activating group) is 1. The van der Waals surface area contributed by atoms with Crippen LogP contribution in [-0.2, 0) is 14.3 Å². The molecule has 0 saturated carbocycles. The average Bonchev–Trinajstić information content (AvgIpc) is 2.50. The second kappa shape index (κ2) is 8.79. The van der Waals surface area contributed by atoms with Crippen LogP contribution >= 0.6 is 0 Å². The fourth-order valence-electron chi connectivity index (χ4n) is 1.78. The normalized spacial score (nSPS) is 10.4. The fourth-order valence-corrected chi connectivity index (χ4v) is 1.78. The first kappa shape index (κ1) is 16.8. The summed E-state index contributed by atoms with van der Waals surface area (Å²) < 4.78 is 10.1. The van der Waals surface area contributed by atoms with Crippen molar-refractivity contribution in [1.82, 2.24) is 4.90 Å². The van der Waals surface area contributed by atoms with Crippen LogP contribution < -0.4 is 4.74 Å². The summed E-state index contributed by atoms with van der Waals surface area (Å²) in [6.45, 7) is 4.25. The monoisotopic (exact) mass is 291 g/mol. The first-order valence-electron chi connectivity index (χ1n) is 6.88. The highest BCUT2D eigenvalue weighted by atomic mass is 16.5. The van der Waals surface area contributed by atoms with Crippen molar-refractivity contribution in [3.05, 3.63) is 35.9 Å². The molecule has 0 spiro atoms. The zero-order valence-electron chi connectivity index (χ0n) is 12.7. The second-order valence-corrected chi connectivity index (χ2v) is 4.23. The van der Waals surface area contributed by atoms with Gasteiger partial charge in [-0.25, -0.2) is 0 Å². The highest BCUT2D eigenvalue weighted by molar-refractivity contribution is 5.94. The van der Waals surface area contributed by atoms with Gasteiger partial charge in [-0.1, -0.05) is 18.2 Å². The smallest absolute Gasteiger partial charge is 0.325 e. The van der Waals surface area contributed by atoms with Crippen molar-refractivity contribution in [3.63, 3.8) is 0 Å². The van der Waals surface area contributed by atoms with Gasteiger partial charge in [0.15, 0.2) is 0 Å². The van der Waals surface area contributed by atoms with Crippen molar-refractivity contribution < 1.29 is 19.1 Å². The van der Waals surface area contributed by atoms with Crippen molar-refractivity contribution in [2.45, 2.75) is 13.8 Å². The largest absolute Gasteiger partial charge is 0.496 e. The van der Waals surface area contributed by atoms with E-state index < -0.39 is 5.97 Å². The maximum Gasteiger partial charge on any atom is 0.325 e. The van der Waals surface area contributed by atoms with Crippen LogP contribution in [0.3, 0.4) is 0 Å². The quantitative estimate of drug-likeness (QED) is 0.570. The Hall–Kier alpha value is -2.30. The van der Waals surface area contributed by atoms with E-state index in [-0.39, 0.29) is 12.5 Å². The number of hydrogen-bond donors (Lipinski definition) is 0. The van der Waals surface area contributed by atoms with E-state index in [9.17, 15) is 9.59 Å². The third kappa shape index (κ3) is 5.30. The lowest BCUT2D eigenvalue weighted by molar-refractivity contribution is -0.147. The van der Waals surface area contributed by atoms with Gasteiger partial charge in [0.1, 0.15) is 12.3 Å². The number of nitrogens with zero attached hydrogens (tertiary/aromatic N) is 1. The first-order chi connectivity index (χ1) is 10.1. The van der Waals surface area contributed by atoms with Crippen LogP contribution in [-0.4, -0.2) is 43.6 Å². The van der Waals surface area contributed by atoms with Crippen LogP contribution in [0, 0.1) is 0 Å². The lowest BCUT2D eigenvalue weighted by Crippen LogP contribution is -2.35. The van der Waals surface area contributed by atoms with Crippen LogP contribution in [0.15, 0.2) is 30.3 Å². The number of para-hydroxylation sites is 1. The first-order valence-corrected chi connectivity index (χ1v) is 6.88. The molecule has 5 heteroatoms. The standard InChI is InChI=1S/C16H21NO4/c1-4-17(12-16(19)21-5-2)15(18)11-10-13-8-6-7-9-14(13)20-3/h6-11H,4-5,12H2,1-3H3/b11-10+. The molecule has 0 aliphatic rings. The van der Waals surface area contributed by atoms with Crippen LogP contribution in [0.2, 0.25) is 0 Å². The SMILES string of the molecule is CCOC(=O)CN(CC)C(=O)/C=C/c1ccccc1OC. The van der Waals surface area contributed by atoms with Crippen LogP contribution in [0.5, 0.6) is 5.75 Å². The van der Waals surface area contributed by atoms with Gasteiger partial charge in [-0.05, 0) is 26.0 Å². The third-order valence-corrected chi connectivity index (χ3v) is 2.86. The van der Waals surface area contributed by atoms with E-state index in [1.165, 1.54) is 11.0 Å². The Morgan fingerprint density at radius 2 is 1.95 bits per heavy atom. The van der Waals surface area contributed by atoms with Crippen LogP contribution in [0.25, 0.3) is 6.08 Å². The van der Waals surface area contributed by atoms with E-state index in [1.807, 2.05) is 31.2 Å². The van der Waals surface area contributed by atoms with Crippen molar-refractivity contribution in [3.8, 4) is 5.75 Å². The Morgan fingerprint density at radius 1 is 1.24 bits per heavy atom. The molecule has 114 valence electrons. The lowest BCUT2D eigenvalue weighted by atomic mass is 10.2. The molecule has 0 fully saturated rings. The van der Waals surface area contributed by atoms with Gasteiger partial charge < -0.3 is 14.4 Å². The number of rotatable bonds is 7. The lowest BCUT2D eigenvalue weighted by Gasteiger charge is -2.17. The molecular weight excluding hydrogens is 270 g/mol. The zero-order valence-corrected chi connectivity index (χ0v) is 12.7. The van der Waals surface area contributed by atoms with Crippen molar-refractivity contribution >= 4 is 18.0 Å². The maximum absolute atomic E-state index is 12.1. The van der Waals surface area contributed by atoms with Gasteiger partial charge in [0, 0.05) is 18.2 Å². The molecule has 21 heavy (non-hydrogen) atoms. The van der Waals surface area contributed by atoms with E-state index in [2.05, 4.69) is 0 Å². The average molecular weight is 291 g/mol. The predicted molar refractivity (Wildman–Crippen MR) is 80.9 cm³/mol. The highest BCUT2D eigenvalue weighted by Crippen LogP contribution is 2.18. The van der Waals surface area contributed by atoms with E-state index in [0.717, 1.165) is 5.56 Å². The van der Waals surface area contributed by atoms with E-state index >= 15 is 0 Å². The Labute approximate surface area is 125 Å². The number of esters is 1. The third-order valence-electron chi connectivity index (χ3n) is 2.86. The van der Waals surface area contributed by atoms with Crippen molar-refractivity contribution in [2.24, 2.45) is 0 Å². The van der Waals surface area contributed by atoms with E-state index in [4.69, 9.17) is 9.47 Å². The Morgan fingerprint density at radius 3 is 2.57 bits per heavy atom. The molecule has 0 heterocycles. The number of carbonyl (C=O) groups is 2. The van der Waals surface area contributed by atoms with Gasteiger partial charge in [0.25, 0.3) is 0 Å². The molecule has 1 aromatic rings. The summed E-state index contributed by atoms with van der Waals surface area (Å²) in [5.74, 6) is 0.0462. The van der Waals surface area contributed by atoms with Crippen LogP contribution in [0.1, 0.15) is 19.4 Å². The summed E-state index contributed by atoms with van der Waals surface area (Å²) in [5.41, 5.74) is 0.806. The zero-order chi connectivity index (χ0) is 15.7. The number of hydrogen-bond acceptors (Lipinski definition) is 4. The van der Waals surface area contributed by atoms with Gasteiger partial charge in [0.2, 0.25) is 5.91 Å². The van der Waals surface area contributed by atoms with Crippen molar-refractivity contribution in [2.75, 3.05) is 26.8 Å². The molecular formula is C16H21NO4. The molecule has 0 aromatic heterocycles. The molecule has 0 bridgehead atoms. The Kier molecular flexibility index (Phi) is 7.01. The summed E-state index contributed by atoms with van der Waals surface area (Å²) in [6, 6.07) is 7.39. The number of amides is 1. The molecule has 0 aliphatic heterocycles. The highest BCUT2D eigenvalue weighted by Gasteiger charge is 2.13. The maximum atomic E-state index is 12.1. The van der Waals surface area contributed by atoms with Crippen molar-refractivity contribution in [1.29, 1.82) is 0 Å². The summed E-state index contributed by atoms with van der Waals surface area (Å²) in [4.78, 5) is 24.9. The molecule has 0 aliphatic carbocycles. The minimum Gasteiger partial charge on any atom is -0.496 e. The number of carbonyl (C=O) groups excluding carboxylic acids is 2. The summed E-state index contributed by atoms with van der Waals surface area (Å²) >= 11 is 0. The molecule has 5 nitrogen and oxygen atoms in total. The summed E-state index contributed by atoms with van der Waals surface area (Å²) in [6.07, 6.45) is 3.11. The van der Waals surface area contributed by atoms with Crippen LogP contribution in [0.4, 0.5) is 0 Å². The molecule has 0 saturated heterocycles. The number of methoxy groups -OCH3 is 1. The molecule has 0 unspecified atom stereocenters. The second-order valence-electron chi connectivity index (χ2n) is 4.23. The minimum absolute atomic E-state index is 0.0422. The van der Waals surface area contributed by atoms with Gasteiger partial charge in [0.05, 0.1) is 13.7 Å². The predicted octanol–water partition coefficient (Wildman–Crippen LogP) is 2.12. The topological polar surface area (TPSA) is 55.8 Å². The summed E-state index contributed by atoms with van der Waals surface area (Å²) in [5, 5.41) is 0. The van der Waals surface area contributed by atoms with Gasteiger partial charge in [-0.15, -0.1) is 0 Å². The molecule has 0 radical (unpaired) electrons. The molecule has 0 N–H and O–H groups in total. The fraction of sp³-hybridized carbons (Fsp3) is 0.375. The summed E-state index contributed by atoms with van der Waals surface area (Å²) in [7, 11) is 1.58. The number of ether oxygens (including phenoxy) is 2. The minimum atomic E-state index is -0.404. The van der Waals surface area contributed by atoms with E-state index in [1.54, 1.807) is 20.1 Å². The molecule has 1 amide bonds. The molecule has 1 rings (SSSR count). The molecule has 0 atom stereocenters. The van der Waals surface area contributed by atoms with Gasteiger partial charge in [-0.3, -0.25) is 9.59 Å². The van der Waals surface area contributed by atoms with E-state index in [0.29, 0.717) is 18.9 Å². The number of benzene rings is 1.